The molecule has 2 aromatic carbocycles. The molecule has 4 aromatic rings. The molecule has 0 aliphatic heterocycles. The Morgan fingerprint density at radius 1 is 1.04 bits per heavy atom. The highest BCUT2D eigenvalue weighted by Crippen LogP contribution is 2.25. The van der Waals surface area contributed by atoms with E-state index in [4.69, 9.17) is 4.42 Å². The van der Waals surface area contributed by atoms with Gasteiger partial charge in [0.25, 0.3) is 0 Å². The average molecular weight is 349 g/mol. The van der Waals surface area contributed by atoms with E-state index in [2.05, 4.69) is 20.5 Å². The summed E-state index contributed by atoms with van der Waals surface area (Å²) in [5, 5.41) is 12.6. The number of nitrogens with zero attached hydrogens (tertiary/aromatic N) is 5. The van der Waals surface area contributed by atoms with Crippen LogP contribution in [0.2, 0.25) is 0 Å². The van der Waals surface area contributed by atoms with Gasteiger partial charge in [0, 0.05) is 5.56 Å². The maximum Gasteiger partial charge on any atom is 0.214 e. The molecule has 0 spiro atoms. The molecule has 0 aliphatic carbocycles. The first-order valence-electron chi connectivity index (χ1n) is 7.78. The Labute approximate surface area is 148 Å². The predicted octanol–water partition coefficient (Wildman–Crippen LogP) is 3.92. The Morgan fingerprint density at radius 2 is 1.84 bits per heavy atom. The molecular formula is C18H15N5OS. The van der Waals surface area contributed by atoms with Gasteiger partial charge in [-0.1, -0.05) is 59.8 Å². The molecule has 0 saturated carbocycles. The molecule has 0 N–H and O–H groups in total. The third-order valence-corrected chi connectivity index (χ3v) is 4.56. The van der Waals surface area contributed by atoms with Crippen LogP contribution in [0.4, 0.5) is 0 Å². The zero-order valence-corrected chi connectivity index (χ0v) is 14.3. The van der Waals surface area contributed by atoms with Crippen molar-refractivity contribution in [2.75, 3.05) is 0 Å². The average Bonchev–Trinajstić information content (AvgIpc) is 3.31. The smallest absolute Gasteiger partial charge is 0.214 e. The molecule has 0 bridgehead atoms. The van der Waals surface area contributed by atoms with Crippen molar-refractivity contribution < 1.29 is 4.42 Å². The highest BCUT2D eigenvalue weighted by molar-refractivity contribution is 7.98. The second-order valence-corrected chi connectivity index (χ2v) is 6.42. The summed E-state index contributed by atoms with van der Waals surface area (Å²) in [6.45, 7) is 2.05. The first-order chi connectivity index (χ1) is 12.3. The minimum Gasteiger partial charge on any atom is -0.440 e. The summed E-state index contributed by atoms with van der Waals surface area (Å²) in [6, 6.07) is 18.0. The van der Waals surface area contributed by atoms with Crippen LogP contribution in [-0.4, -0.2) is 25.2 Å². The maximum absolute atomic E-state index is 5.82. The van der Waals surface area contributed by atoms with Gasteiger partial charge in [0.1, 0.15) is 0 Å². The van der Waals surface area contributed by atoms with Gasteiger partial charge in [-0.2, -0.15) is 4.68 Å². The van der Waals surface area contributed by atoms with Crippen molar-refractivity contribution in [2.24, 2.45) is 0 Å². The summed E-state index contributed by atoms with van der Waals surface area (Å²) in [7, 11) is 0. The molecule has 2 heterocycles. The molecule has 124 valence electrons. The van der Waals surface area contributed by atoms with Crippen LogP contribution in [-0.2, 0) is 5.75 Å². The van der Waals surface area contributed by atoms with E-state index in [0.717, 1.165) is 17.0 Å². The molecule has 6 nitrogen and oxygen atoms in total. The number of thioether (sulfide) groups is 1. The van der Waals surface area contributed by atoms with Crippen molar-refractivity contribution >= 4 is 11.8 Å². The fourth-order valence-electron chi connectivity index (χ4n) is 2.36. The van der Waals surface area contributed by atoms with Gasteiger partial charge in [0.05, 0.1) is 17.6 Å². The number of benzene rings is 2. The van der Waals surface area contributed by atoms with Gasteiger partial charge in [-0.05, 0) is 29.5 Å². The van der Waals surface area contributed by atoms with Crippen molar-refractivity contribution in [3.8, 4) is 17.0 Å². The molecule has 0 aliphatic rings. The standard InChI is InChI=1S/C18H15N5OS/c1-13-7-9-15(10-8-13)23-18(20-21-22-23)25-12-17-19-11-16(24-17)14-5-3-2-4-6-14/h2-11H,12H2,1H3. The minimum absolute atomic E-state index is 0.555. The minimum atomic E-state index is 0.555. The van der Waals surface area contributed by atoms with Crippen molar-refractivity contribution in [3.05, 3.63) is 72.2 Å². The van der Waals surface area contributed by atoms with E-state index in [1.54, 1.807) is 10.9 Å². The molecule has 0 radical (unpaired) electrons. The lowest BCUT2D eigenvalue weighted by molar-refractivity contribution is 0.529. The predicted molar refractivity (Wildman–Crippen MR) is 95.4 cm³/mol. The van der Waals surface area contributed by atoms with E-state index in [-0.39, 0.29) is 0 Å². The number of rotatable bonds is 5. The van der Waals surface area contributed by atoms with Crippen LogP contribution in [0.25, 0.3) is 17.0 Å². The number of aromatic nitrogens is 5. The van der Waals surface area contributed by atoms with Gasteiger partial charge in [0.2, 0.25) is 11.0 Å². The van der Waals surface area contributed by atoms with Crippen LogP contribution in [0.3, 0.4) is 0 Å². The molecule has 7 heteroatoms. The van der Waals surface area contributed by atoms with Crippen molar-refractivity contribution in [2.45, 2.75) is 17.8 Å². The second-order valence-electron chi connectivity index (χ2n) is 5.48. The second kappa shape index (κ2) is 6.90. The van der Waals surface area contributed by atoms with E-state index in [0.29, 0.717) is 16.8 Å². The van der Waals surface area contributed by atoms with Crippen molar-refractivity contribution in [1.82, 2.24) is 25.2 Å². The van der Waals surface area contributed by atoms with E-state index in [9.17, 15) is 0 Å². The molecule has 0 saturated heterocycles. The summed E-state index contributed by atoms with van der Waals surface area (Å²) in [4.78, 5) is 4.34. The van der Waals surface area contributed by atoms with Crippen molar-refractivity contribution in [1.29, 1.82) is 0 Å². The molecule has 25 heavy (non-hydrogen) atoms. The Morgan fingerprint density at radius 3 is 2.64 bits per heavy atom. The summed E-state index contributed by atoms with van der Waals surface area (Å²) in [5.41, 5.74) is 3.13. The monoisotopic (exact) mass is 349 g/mol. The van der Waals surface area contributed by atoms with Crippen LogP contribution < -0.4 is 0 Å². The first-order valence-corrected chi connectivity index (χ1v) is 8.76. The Bertz CT molecular complexity index is 963. The lowest BCUT2D eigenvalue weighted by Gasteiger charge is -2.03. The Hall–Kier alpha value is -2.93. The quantitative estimate of drug-likeness (QED) is 0.509. The summed E-state index contributed by atoms with van der Waals surface area (Å²) in [5.74, 6) is 1.95. The fourth-order valence-corrected chi connectivity index (χ4v) is 3.10. The first kappa shape index (κ1) is 15.6. The normalized spacial score (nSPS) is 10.9. The van der Waals surface area contributed by atoms with Crippen LogP contribution >= 0.6 is 11.8 Å². The molecule has 0 atom stereocenters. The lowest BCUT2D eigenvalue weighted by atomic mass is 10.2. The molecule has 2 aromatic heterocycles. The molecule has 0 fully saturated rings. The van der Waals surface area contributed by atoms with Gasteiger partial charge in [-0.15, -0.1) is 5.10 Å². The number of tetrazole rings is 1. The van der Waals surface area contributed by atoms with Gasteiger partial charge in [-0.3, -0.25) is 0 Å². The van der Waals surface area contributed by atoms with Crippen molar-refractivity contribution in [3.63, 3.8) is 0 Å². The van der Waals surface area contributed by atoms with Gasteiger partial charge in [-0.25, -0.2) is 4.98 Å². The van der Waals surface area contributed by atoms with Crippen LogP contribution in [0, 0.1) is 6.92 Å². The highest BCUT2D eigenvalue weighted by Gasteiger charge is 2.12. The zero-order valence-electron chi connectivity index (χ0n) is 13.5. The van der Waals surface area contributed by atoms with E-state index < -0.39 is 0 Å². The number of hydrogen-bond donors (Lipinski definition) is 0. The third-order valence-electron chi connectivity index (χ3n) is 3.66. The third kappa shape index (κ3) is 3.46. The highest BCUT2D eigenvalue weighted by atomic mass is 32.2. The van der Waals surface area contributed by atoms with Gasteiger partial charge < -0.3 is 4.42 Å². The number of aryl methyl sites for hydroxylation is 1. The summed E-state index contributed by atoms with van der Waals surface area (Å²) in [6.07, 6.45) is 1.74. The van der Waals surface area contributed by atoms with E-state index >= 15 is 0 Å². The van der Waals surface area contributed by atoms with Gasteiger partial charge >= 0.3 is 0 Å². The maximum atomic E-state index is 5.82. The summed E-state index contributed by atoms with van der Waals surface area (Å²) >= 11 is 1.48. The zero-order chi connectivity index (χ0) is 17.1. The lowest BCUT2D eigenvalue weighted by Crippen LogP contribution is -1.99. The Kier molecular flexibility index (Phi) is 4.30. The van der Waals surface area contributed by atoms with Crippen LogP contribution in [0.1, 0.15) is 11.5 Å². The largest absolute Gasteiger partial charge is 0.440 e. The molecule has 0 unspecified atom stereocenters. The number of hydrogen-bond acceptors (Lipinski definition) is 6. The topological polar surface area (TPSA) is 69.6 Å². The molecular weight excluding hydrogens is 334 g/mol. The SMILES string of the molecule is Cc1ccc(-n2nnnc2SCc2ncc(-c3ccccc3)o2)cc1. The fraction of sp³-hybridized carbons (Fsp3) is 0.111. The van der Waals surface area contributed by atoms with Crippen LogP contribution in [0.15, 0.2) is 70.4 Å². The van der Waals surface area contributed by atoms with Gasteiger partial charge in [0.15, 0.2) is 5.76 Å². The van der Waals surface area contributed by atoms with E-state index in [1.165, 1.54) is 17.3 Å². The Balaban J connectivity index is 1.49. The van der Waals surface area contributed by atoms with E-state index in [1.807, 2.05) is 61.5 Å². The molecule has 0 amide bonds. The van der Waals surface area contributed by atoms with Crippen LogP contribution in [0.5, 0.6) is 0 Å². The number of oxazole rings is 1. The molecule has 4 rings (SSSR count). The summed E-state index contributed by atoms with van der Waals surface area (Å²) < 4.78 is 7.53.